The van der Waals surface area contributed by atoms with Crippen LogP contribution < -0.4 is 0 Å². The third-order valence-corrected chi connectivity index (χ3v) is 3.33. The molecule has 0 aliphatic rings. The zero-order valence-corrected chi connectivity index (χ0v) is 11.3. The van der Waals surface area contributed by atoms with Crippen LogP contribution >= 0.6 is 0 Å². The summed E-state index contributed by atoms with van der Waals surface area (Å²) in [5, 5.41) is 17.7. The number of aromatic nitrogens is 2. The molecule has 1 aromatic heterocycles. The molecule has 0 aliphatic heterocycles. The zero-order chi connectivity index (χ0) is 15.5. The summed E-state index contributed by atoms with van der Waals surface area (Å²) in [5.74, 6) is -2.81. The molecule has 0 saturated heterocycles. The van der Waals surface area contributed by atoms with Crippen molar-refractivity contribution in [1.82, 2.24) is 9.97 Å². The molecule has 1 heterocycles. The summed E-state index contributed by atoms with van der Waals surface area (Å²) in [6.07, 6.45) is -3.91. The van der Waals surface area contributed by atoms with Gasteiger partial charge in [-0.15, -0.1) is 0 Å². The summed E-state index contributed by atoms with van der Waals surface area (Å²) in [5.41, 5.74) is 1.78. The Kier molecular flexibility index (Phi) is 4.53. The number of halogens is 3. The van der Waals surface area contributed by atoms with Gasteiger partial charge in [-0.2, -0.15) is 13.2 Å². The number of nitrogens with one attached hydrogen (secondary N) is 1. The van der Waals surface area contributed by atoms with Crippen molar-refractivity contribution in [3.63, 3.8) is 0 Å². The Balaban J connectivity index is 1.75. The van der Waals surface area contributed by atoms with E-state index in [1.165, 1.54) is 0 Å². The van der Waals surface area contributed by atoms with Crippen molar-refractivity contribution in [3.8, 4) is 0 Å². The fraction of sp³-hybridized carbons (Fsp3) is 0.500. The molecule has 0 atom stereocenters. The van der Waals surface area contributed by atoms with Gasteiger partial charge < -0.3 is 15.2 Å². The number of H-pyrrole nitrogens is 1. The molecule has 3 N–H and O–H groups in total. The van der Waals surface area contributed by atoms with E-state index in [2.05, 4.69) is 9.97 Å². The van der Waals surface area contributed by atoms with Crippen LogP contribution in [0.1, 0.15) is 31.5 Å². The SMILES string of the molecule is OC(O)(CCCCCc1nc2ccccc2[nH]1)C(F)(F)F. The number of hydrogen-bond donors (Lipinski definition) is 3. The molecule has 0 bridgehead atoms. The van der Waals surface area contributed by atoms with Gasteiger partial charge in [0.2, 0.25) is 0 Å². The van der Waals surface area contributed by atoms with Gasteiger partial charge >= 0.3 is 6.18 Å². The van der Waals surface area contributed by atoms with Crippen molar-refractivity contribution < 1.29 is 23.4 Å². The minimum Gasteiger partial charge on any atom is -0.359 e. The maximum absolute atomic E-state index is 12.2. The Bertz CT molecular complexity index is 560. The average molecular weight is 302 g/mol. The fourth-order valence-electron chi connectivity index (χ4n) is 2.11. The standard InChI is InChI=1S/C14H17F3N2O2/c15-14(16,17)13(20,21)9-5-1-2-8-12-18-10-6-3-4-7-11(10)19-12/h3-4,6-7,20-21H,1-2,5,8-9H2,(H,18,19). The van der Waals surface area contributed by atoms with E-state index >= 15 is 0 Å². The van der Waals surface area contributed by atoms with Crippen LogP contribution in [0.15, 0.2) is 24.3 Å². The number of aromatic amines is 1. The molecule has 0 unspecified atom stereocenters. The highest BCUT2D eigenvalue weighted by Gasteiger charge is 2.51. The van der Waals surface area contributed by atoms with Crippen LogP contribution in [0.5, 0.6) is 0 Å². The normalized spacial score (nSPS) is 13.0. The Hall–Kier alpha value is -1.60. The van der Waals surface area contributed by atoms with E-state index in [1.807, 2.05) is 24.3 Å². The summed E-state index contributed by atoms with van der Waals surface area (Å²) >= 11 is 0. The van der Waals surface area contributed by atoms with Crippen LogP contribution in [0, 0.1) is 0 Å². The van der Waals surface area contributed by atoms with E-state index in [1.54, 1.807) is 0 Å². The molecule has 0 radical (unpaired) electrons. The lowest BCUT2D eigenvalue weighted by molar-refractivity contribution is -0.351. The first kappa shape index (κ1) is 15.8. The number of hydrogen-bond acceptors (Lipinski definition) is 3. The number of alkyl halides is 3. The first-order valence-corrected chi connectivity index (χ1v) is 6.75. The van der Waals surface area contributed by atoms with E-state index in [9.17, 15) is 13.2 Å². The van der Waals surface area contributed by atoms with Crippen molar-refractivity contribution in [2.75, 3.05) is 0 Å². The average Bonchev–Trinajstić information content (AvgIpc) is 2.79. The minimum absolute atomic E-state index is 0.0900. The Morgan fingerprint density at radius 3 is 2.43 bits per heavy atom. The van der Waals surface area contributed by atoms with Gasteiger partial charge in [-0.05, 0) is 25.0 Å². The number of benzene rings is 1. The largest absolute Gasteiger partial charge is 0.442 e. The second kappa shape index (κ2) is 6.03. The summed E-state index contributed by atoms with van der Waals surface area (Å²) in [7, 11) is 0. The topological polar surface area (TPSA) is 69.1 Å². The molecule has 7 heteroatoms. The van der Waals surface area contributed by atoms with Gasteiger partial charge in [-0.1, -0.05) is 18.6 Å². The molecule has 4 nitrogen and oxygen atoms in total. The summed E-state index contributed by atoms with van der Waals surface area (Å²) in [4.78, 5) is 7.50. The third kappa shape index (κ3) is 3.95. The molecule has 0 spiro atoms. The number of unbranched alkanes of at least 4 members (excludes halogenated alkanes) is 2. The quantitative estimate of drug-likeness (QED) is 0.567. The number of nitrogens with zero attached hydrogens (tertiary/aromatic N) is 1. The molecular weight excluding hydrogens is 285 g/mol. The lowest BCUT2D eigenvalue weighted by atomic mass is 10.1. The Morgan fingerprint density at radius 2 is 1.76 bits per heavy atom. The number of para-hydroxylation sites is 2. The molecule has 0 amide bonds. The van der Waals surface area contributed by atoms with Gasteiger partial charge in [-0.25, -0.2) is 4.98 Å². The van der Waals surface area contributed by atoms with Gasteiger partial charge in [0, 0.05) is 12.8 Å². The van der Waals surface area contributed by atoms with Gasteiger partial charge in [0.15, 0.2) is 0 Å². The van der Waals surface area contributed by atoms with E-state index < -0.39 is 18.4 Å². The Morgan fingerprint density at radius 1 is 1.05 bits per heavy atom. The van der Waals surface area contributed by atoms with E-state index in [4.69, 9.17) is 10.2 Å². The number of rotatable bonds is 6. The van der Waals surface area contributed by atoms with Gasteiger partial charge in [0.05, 0.1) is 11.0 Å². The molecular formula is C14H17F3N2O2. The maximum atomic E-state index is 12.2. The summed E-state index contributed by atoms with van der Waals surface area (Å²) < 4.78 is 36.6. The van der Waals surface area contributed by atoms with Crippen LogP contribution in [-0.2, 0) is 6.42 Å². The summed E-state index contributed by atoms with van der Waals surface area (Å²) in [6, 6.07) is 7.56. The van der Waals surface area contributed by atoms with Crippen LogP contribution in [0.3, 0.4) is 0 Å². The second-order valence-electron chi connectivity index (χ2n) is 5.08. The number of fused-ring (bicyclic) bond motifs is 1. The van der Waals surface area contributed by atoms with Crippen molar-refractivity contribution in [3.05, 3.63) is 30.1 Å². The molecule has 116 valence electrons. The first-order chi connectivity index (χ1) is 9.79. The number of imidazole rings is 1. The van der Waals surface area contributed by atoms with Crippen LogP contribution in [-0.4, -0.2) is 32.1 Å². The predicted octanol–water partition coefficient (Wildman–Crippen LogP) is 2.91. The number of aliphatic hydroxyl groups is 2. The molecule has 0 fully saturated rings. The van der Waals surface area contributed by atoms with Gasteiger partial charge in [-0.3, -0.25) is 0 Å². The highest BCUT2D eigenvalue weighted by molar-refractivity contribution is 5.74. The molecule has 2 rings (SSSR count). The van der Waals surface area contributed by atoms with E-state index in [-0.39, 0.29) is 6.42 Å². The highest BCUT2D eigenvalue weighted by Crippen LogP contribution is 2.32. The molecule has 2 aromatic rings. The van der Waals surface area contributed by atoms with Gasteiger partial charge in [0.1, 0.15) is 5.82 Å². The second-order valence-corrected chi connectivity index (χ2v) is 5.08. The van der Waals surface area contributed by atoms with Crippen LogP contribution in [0.2, 0.25) is 0 Å². The lowest BCUT2D eigenvalue weighted by Gasteiger charge is -2.24. The smallest absolute Gasteiger partial charge is 0.359 e. The molecule has 0 aliphatic carbocycles. The number of aryl methyl sites for hydroxylation is 1. The zero-order valence-electron chi connectivity index (χ0n) is 11.3. The third-order valence-electron chi connectivity index (χ3n) is 3.33. The van der Waals surface area contributed by atoms with Gasteiger partial charge in [0.25, 0.3) is 5.79 Å². The van der Waals surface area contributed by atoms with E-state index in [0.29, 0.717) is 19.3 Å². The highest BCUT2D eigenvalue weighted by atomic mass is 19.4. The van der Waals surface area contributed by atoms with Crippen LogP contribution in [0.25, 0.3) is 11.0 Å². The first-order valence-electron chi connectivity index (χ1n) is 6.75. The Labute approximate surface area is 119 Å². The summed E-state index contributed by atoms with van der Waals surface area (Å²) in [6.45, 7) is 0. The van der Waals surface area contributed by atoms with Crippen LogP contribution in [0.4, 0.5) is 13.2 Å². The fourth-order valence-corrected chi connectivity index (χ4v) is 2.11. The van der Waals surface area contributed by atoms with E-state index in [0.717, 1.165) is 16.9 Å². The van der Waals surface area contributed by atoms with Crippen molar-refractivity contribution in [1.29, 1.82) is 0 Å². The molecule has 1 aromatic carbocycles. The molecule has 0 saturated carbocycles. The predicted molar refractivity (Wildman–Crippen MR) is 71.5 cm³/mol. The van der Waals surface area contributed by atoms with Crippen molar-refractivity contribution in [2.45, 2.75) is 44.1 Å². The maximum Gasteiger partial charge on any atom is 0.442 e. The van der Waals surface area contributed by atoms with Crippen molar-refractivity contribution >= 4 is 11.0 Å². The minimum atomic E-state index is -5.01. The van der Waals surface area contributed by atoms with Crippen molar-refractivity contribution in [2.24, 2.45) is 0 Å². The lowest BCUT2D eigenvalue weighted by Crippen LogP contribution is -2.44. The molecule has 21 heavy (non-hydrogen) atoms. The monoisotopic (exact) mass is 302 g/mol.